The molecular weight excluding hydrogens is 550 g/mol. The van der Waals surface area contributed by atoms with Crippen molar-refractivity contribution in [1.29, 1.82) is 5.26 Å². The molecule has 13 heteroatoms. The van der Waals surface area contributed by atoms with Crippen molar-refractivity contribution in [2.45, 2.75) is 54.0 Å². The monoisotopic (exact) mass is 570 g/mol. The Balaban J connectivity index is 1.36. The molecule has 4 unspecified atom stereocenters. The number of rotatable bonds is 6. The van der Waals surface area contributed by atoms with Crippen LogP contribution in [0.5, 0.6) is 5.75 Å². The molecule has 39 heavy (non-hydrogen) atoms. The second kappa shape index (κ2) is 9.16. The van der Waals surface area contributed by atoms with Gasteiger partial charge >= 0.3 is 11.7 Å². The van der Waals surface area contributed by atoms with Crippen molar-refractivity contribution in [2.75, 3.05) is 11.5 Å². The summed E-state index contributed by atoms with van der Waals surface area (Å²) in [5.41, 5.74) is -8.64. The van der Waals surface area contributed by atoms with Gasteiger partial charge in [-0.15, -0.1) is 0 Å². The van der Waals surface area contributed by atoms with Gasteiger partial charge in [-0.05, 0) is 74.0 Å². The summed E-state index contributed by atoms with van der Waals surface area (Å²) < 4.78 is 90.2. The molecule has 3 aliphatic rings. The fourth-order valence-corrected chi connectivity index (χ4v) is 6.49. The van der Waals surface area contributed by atoms with Crippen molar-refractivity contribution in [2.24, 2.45) is 11.8 Å². The van der Waals surface area contributed by atoms with Crippen LogP contribution in [-0.4, -0.2) is 35.1 Å². The Morgan fingerprint density at radius 2 is 1.72 bits per heavy atom. The van der Waals surface area contributed by atoms with Crippen LogP contribution in [0.1, 0.15) is 37.3 Å². The first-order valence-electron chi connectivity index (χ1n) is 11.9. The number of hydrogen-bond donors (Lipinski definition) is 0. The molecule has 3 fully saturated rings. The van der Waals surface area contributed by atoms with Crippen molar-refractivity contribution in [1.82, 2.24) is 0 Å². The van der Waals surface area contributed by atoms with Crippen LogP contribution in [0.2, 0.25) is 0 Å². The average Bonchev–Trinajstić information content (AvgIpc) is 3.42. The van der Waals surface area contributed by atoms with E-state index in [1.54, 1.807) is 6.92 Å². The summed E-state index contributed by atoms with van der Waals surface area (Å²) in [6.45, 7) is 1.73. The number of fused-ring (bicyclic) bond motifs is 5. The van der Waals surface area contributed by atoms with Crippen LogP contribution < -0.4 is 9.64 Å². The molecule has 2 aromatic rings. The number of carbonyl (C=O) groups excluding carboxylic acids is 2. The normalized spacial score (nSPS) is 28.1. The molecule has 2 bridgehead atoms. The van der Waals surface area contributed by atoms with E-state index in [0.717, 1.165) is 17.0 Å². The topological polar surface area (TPSA) is 79.6 Å². The number of nitriles is 1. The van der Waals surface area contributed by atoms with Gasteiger partial charge < -0.3 is 9.47 Å². The summed E-state index contributed by atoms with van der Waals surface area (Å²) in [5, 5.41) is 9.07. The molecule has 0 radical (unpaired) electrons. The minimum absolute atomic E-state index is 0.00592. The van der Waals surface area contributed by atoms with E-state index in [-0.39, 0.29) is 35.4 Å². The highest BCUT2D eigenvalue weighted by Gasteiger charge is 2.73. The van der Waals surface area contributed by atoms with E-state index in [9.17, 15) is 35.9 Å². The van der Waals surface area contributed by atoms with E-state index in [4.69, 9.17) is 14.7 Å². The van der Waals surface area contributed by atoms with Crippen molar-refractivity contribution >= 4 is 29.3 Å². The Labute approximate surface area is 222 Å². The van der Waals surface area contributed by atoms with Gasteiger partial charge in [-0.3, -0.25) is 9.59 Å². The zero-order chi connectivity index (χ0) is 28.4. The maximum atomic E-state index is 13.6. The maximum Gasteiger partial charge on any atom is 0.446 e. The van der Waals surface area contributed by atoms with Crippen LogP contribution in [0.15, 0.2) is 47.4 Å². The quantitative estimate of drug-likeness (QED) is 0.238. The third-order valence-corrected chi connectivity index (χ3v) is 8.29. The van der Waals surface area contributed by atoms with Crippen LogP contribution in [-0.2, 0) is 20.5 Å². The van der Waals surface area contributed by atoms with E-state index < -0.39 is 57.7 Å². The van der Waals surface area contributed by atoms with Gasteiger partial charge in [0.25, 0.3) is 0 Å². The van der Waals surface area contributed by atoms with E-state index >= 15 is 0 Å². The molecule has 6 nitrogen and oxygen atoms in total. The number of imide groups is 1. The number of benzene rings is 2. The van der Waals surface area contributed by atoms with Crippen LogP contribution in [0.3, 0.4) is 0 Å². The molecule has 2 amide bonds. The second-order valence-electron chi connectivity index (χ2n) is 9.90. The van der Waals surface area contributed by atoms with Gasteiger partial charge in [-0.2, -0.15) is 31.6 Å². The summed E-state index contributed by atoms with van der Waals surface area (Å²) in [6, 6.07) is 9.50. The average molecular weight is 571 g/mol. The molecule has 0 aromatic heterocycles. The van der Waals surface area contributed by atoms with Crippen molar-refractivity contribution < 1.29 is 45.4 Å². The minimum Gasteiger partial charge on any atom is -0.493 e. The Bertz CT molecular complexity index is 1370. The molecule has 3 aliphatic heterocycles. The predicted octanol–water partition coefficient (Wildman–Crippen LogP) is 6.09. The van der Waals surface area contributed by atoms with Gasteiger partial charge in [0, 0.05) is 11.3 Å². The lowest BCUT2D eigenvalue weighted by molar-refractivity contribution is -0.138. The Morgan fingerprint density at radius 3 is 2.33 bits per heavy atom. The lowest BCUT2D eigenvalue weighted by Crippen LogP contribution is -2.43. The number of anilines is 1. The lowest BCUT2D eigenvalue weighted by atomic mass is 9.67. The predicted molar refractivity (Wildman–Crippen MR) is 126 cm³/mol. The molecular formula is C26H20F6N2O4S. The molecule has 0 aliphatic carbocycles. The van der Waals surface area contributed by atoms with Crippen LogP contribution in [0, 0.1) is 23.2 Å². The summed E-state index contributed by atoms with van der Waals surface area (Å²) in [6.07, 6.45) is -3.81. The third kappa shape index (κ3) is 4.74. The molecule has 0 N–H and O–H groups in total. The first-order chi connectivity index (χ1) is 18.2. The second-order valence-corrected chi connectivity index (χ2v) is 11.0. The van der Waals surface area contributed by atoms with Gasteiger partial charge in [-0.25, -0.2) is 4.90 Å². The Hall–Kier alpha value is -3.24. The van der Waals surface area contributed by atoms with Crippen molar-refractivity contribution in [3.63, 3.8) is 0 Å². The van der Waals surface area contributed by atoms with Gasteiger partial charge in [0.05, 0.1) is 52.5 Å². The summed E-state index contributed by atoms with van der Waals surface area (Å²) in [4.78, 5) is 27.8. The van der Waals surface area contributed by atoms with E-state index in [1.165, 1.54) is 30.3 Å². The van der Waals surface area contributed by atoms with Crippen LogP contribution >= 0.6 is 11.8 Å². The minimum atomic E-state index is -4.86. The van der Waals surface area contributed by atoms with Crippen LogP contribution in [0.25, 0.3) is 0 Å². The SMILES string of the molecule is CC12CCC(CCOc3ccc(SC(F)(F)F)cc3)(O1)C1C(=O)N(c3ccc(C#N)c(C(F)(F)F)c3)C(=O)C12. The zero-order valence-electron chi connectivity index (χ0n) is 20.2. The standard InChI is InChI=1S/C26H20F6N2O4S/c1-23-8-9-24(38-23,10-11-37-16-4-6-17(7-5-16)39-26(30,31)32)20-19(23)21(35)34(22(20)36)15-3-2-14(13-33)18(12-15)25(27,28)29/h2-7,12,19-20H,8-11H2,1H3. The number of carbonyl (C=O) groups is 2. The molecule has 206 valence electrons. The molecule has 5 rings (SSSR count). The molecule has 4 atom stereocenters. The summed E-state index contributed by atoms with van der Waals surface area (Å²) >= 11 is -0.253. The number of hydrogen-bond acceptors (Lipinski definition) is 6. The summed E-state index contributed by atoms with van der Waals surface area (Å²) in [7, 11) is 0. The highest BCUT2D eigenvalue weighted by Crippen LogP contribution is 2.62. The fourth-order valence-electron chi connectivity index (χ4n) is 5.95. The van der Waals surface area contributed by atoms with E-state index in [2.05, 4.69) is 0 Å². The Morgan fingerprint density at radius 1 is 1.05 bits per heavy atom. The van der Waals surface area contributed by atoms with E-state index in [1.807, 2.05) is 0 Å². The number of halogens is 6. The van der Waals surface area contributed by atoms with Crippen molar-refractivity contribution in [3.05, 3.63) is 53.6 Å². The molecule has 0 saturated carbocycles. The molecule has 2 aromatic carbocycles. The lowest BCUT2D eigenvalue weighted by Gasteiger charge is -2.31. The Kier molecular flexibility index (Phi) is 6.42. The third-order valence-electron chi connectivity index (χ3n) is 7.55. The van der Waals surface area contributed by atoms with Crippen LogP contribution in [0.4, 0.5) is 32.0 Å². The maximum absolute atomic E-state index is 13.6. The highest BCUT2D eigenvalue weighted by atomic mass is 32.2. The smallest absolute Gasteiger partial charge is 0.446 e. The van der Waals surface area contributed by atoms with Gasteiger partial charge in [-0.1, -0.05) is 0 Å². The van der Waals surface area contributed by atoms with E-state index in [0.29, 0.717) is 24.7 Å². The van der Waals surface area contributed by atoms with Gasteiger partial charge in [0.15, 0.2) is 0 Å². The number of amides is 2. The largest absolute Gasteiger partial charge is 0.493 e. The number of ether oxygens (including phenoxy) is 2. The fraction of sp³-hybridized carbons (Fsp3) is 0.423. The first kappa shape index (κ1) is 27.3. The zero-order valence-corrected chi connectivity index (χ0v) is 21.0. The number of alkyl halides is 6. The van der Waals surface area contributed by atoms with Gasteiger partial charge in [0.1, 0.15) is 5.75 Å². The number of nitrogens with zero attached hydrogens (tertiary/aromatic N) is 2. The van der Waals surface area contributed by atoms with Crippen molar-refractivity contribution in [3.8, 4) is 11.8 Å². The first-order valence-corrected chi connectivity index (χ1v) is 12.7. The highest BCUT2D eigenvalue weighted by molar-refractivity contribution is 8.00. The summed E-state index contributed by atoms with van der Waals surface area (Å²) in [5.74, 6) is -2.88. The molecule has 3 heterocycles. The number of thioether (sulfide) groups is 1. The molecule has 0 spiro atoms. The molecule has 3 saturated heterocycles. The van der Waals surface area contributed by atoms with Gasteiger partial charge in [0.2, 0.25) is 11.8 Å².